The van der Waals surface area contributed by atoms with Crippen molar-refractivity contribution >= 4 is 35.0 Å². The number of benzene rings is 1. The summed E-state index contributed by atoms with van der Waals surface area (Å²) in [4.78, 5) is 19.7. The normalized spacial score (nSPS) is 24.2. The van der Waals surface area contributed by atoms with Gasteiger partial charge in [0.2, 0.25) is 5.95 Å². The van der Waals surface area contributed by atoms with E-state index in [0.29, 0.717) is 28.0 Å². The van der Waals surface area contributed by atoms with Crippen LogP contribution in [0.15, 0.2) is 35.5 Å². The first-order chi connectivity index (χ1) is 16.0. The molecule has 33 heavy (non-hydrogen) atoms. The number of aromatic nitrogens is 2. The molecule has 0 radical (unpaired) electrons. The number of nitrogens with one attached hydrogen (secondary N) is 1. The van der Waals surface area contributed by atoms with E-state index in [4.69, 9.17) is 33.2 Å². The maximum atomic E-state index is 6.44. The van der Waals surface area contributed by atoms with Crippen molar-refractivity contribution in [3.8, 4) is 0 Å². The number of aliphatic imine (C=N–C) groups is 1. The zero-order valence-corrected chi connectivity index (χ0v) is 20.9. The highest BCUT2D eigenvalue weighted by molar-refractivity contribution is 6.42. The van der Waals surface area contributed by atoms with E-state index >= 15 is 0 Å². The Balaban J connectivity index is 1.54. The van der Waals surface area contributed by atoms with E-state index < -0.39 is 0 Å². The molecule has 2 unspecified atom stereocenters. The minimum atomic E-state index is -0.0790. The van der Waals surface area contributed by atoms with Gasteiger partial charge < -0.3 is 15.1 Å². The predicted octanol–water partition coefficient (Wildman–Crippen LogP) is 5.61. The van der Waals surface area contributed by atoms with Crippen LogP contribution in [0.3, 0.4) is 0 Å². The molecule has 0 amide bonds. The molecule has 2 atom stereocenters. The summed E-state index contributed by atoms with van der Waals surface area (Å²) in [5.41, 5.74) is 2.08. The third-order valence-corrected chi connectivity index (χ3v) is 7.66. The van der Waals surface area contributed by atoms with Crippen LogP contribution in [0.5, 0.6) is 0 Å². The number of amidine groups is 1. The minimum Gasteiger partial charge on any atom is -0.351 e. The molecule has 2 aromatic rings. The van der Waals surface area contributed by atoms with Crippen molar-refractivity contribution in [2.75, 3.05) is 32.0 Å². The number of nitrogens with zero attached hydrogens (tertiary/aromatic N) is 5. The lowest BCUT2D eigenvalue weighted by atomic mass is 9.94. The Morgan fingerprint density at radius 2 is 1.85 bits per heavy atom. The fourth-order valence-corrected chi connectivity index (χ4v) is 5.30. The fourth-order valence-electron chi connectivity index (χ4n) is 4.99. The fraction of sp³-hybridized carbons (Fsp3) is 0.560. The van der Waals surface area contributed by atoms with Gasteiger partial charge in [-0.3, -0.25) is 4.99 Å². The number of likely N-dealkylation sites (tertiary alicyclic amines) is 1. The first kappa shape index (κ1) is 22.9. The Hall–Kier alpha value is -1.89. The standard InChI is InChI=1S/C25H32Cl2N6/c1-3-12-33-23(21-8-11-28-25(30-21)29-18-5-6-18)22(17-4-7-19(26)20(27)15-17)31-24(33)16-9-13-32(2)14-10-16/h4,7-8,11,15-16,18,22-23H,3,5-6,9-10,12-14H2,1-2H3,(H,28,29,30). The van der Waals surface area contributed by atoms with E-state index in [-0.39, 0.29) is 12.1 Å². The summed E-state index contributed by atoms with van der Waals surface area (Å²) in [6, 6.07) is 8.39. The molecule has 2 aliphatic heterocycles. The molecule has 1 saturated carbocycles. The molecule has 6 nitrogen and oxygen atoms in total. The zero-order valence-electron chi connectivity index (χ0n) is 19.3. The quantitative estimate of drug-likeness (QED) is 0.551. The van der Waals surface area contributed by atoms with Gasteiger partial charge in [0.15, 0.2) is 0 Å². The first-order valence-electron chi connectivity index (χ1n) is 12.1. The monoisotopic (exact) mass is 486 g/mol. The molecular formula is C25H32Cl2N6. The lowest BCUT2D eigenvalue weighted by molar-refractivity contribution is 0.233. The van der Waals surface area contributed by atoms with Crippen LogP contribution in [0.25, 0.3) is 0 Å². The summed E-state index contributed by atoms with van der Waals surface area (Å²) >= 11 is 12.7. The van der Waals surface area contributed by atoms with Crippen LogP contribution in [0.4, 0.5) is 5.95 Å². The van der Waals surface area contributed by atoms with Gasteiger partial charge >= 0.3 is 0 Å². The molecule has 1 saturated heterocycles. The average Bonchev–Trinajstić information content (AvgIpc) is 3.55. The third kappa shape index (κ3) is 4.98. The molecule has 3 aliphatic rings. The number of rotatable bonds is 7. The van der Waals surface area contributed by atoms with E-state index in [2.05, 4.69) is 40.1 Å². The SMILES string of the molecule is CCCN1C(C2CCN(C)CC2)=NC(c2ccc(Cl)c(Cl)c2)C1c1ccnc(NC2CC2)n1. The highest BCUT2D eigenvalue weighted by Crippen LogP contribution is 2.45. The van der Waals surface area contributed by atoms with Crippen LogP contribution in [-0.2, 0) is 0 Å². The zero-order chi connectivity index (χ0) is 22.9. The van der Waals surface area contributed by atoms with Gasteiger partial charge in [-0.05, 0) is 76.0 Å². The number of hydrogen-bond donors (Lipinski definition) is 1. The molecule has 0 spiro atoms. The highest BCUT2D eigenvalue weighted by atomic mass is 35.5. The van der Waals surface area contributed by atoms with Crippen LogP contribution in [0.2, 0.25) is 10.0 Å². The summed E-state index contributed by atoms with van der Waals surface area (Å²) in [6.45, 7) is 5.39. The van der Waals surface area contributed by atoms with Crippen LogP contribution in [0.1, 0.15) is 62.4 Å². The highest BCUT2D eigenvalue weighted by Gasteiger charge is 2.42. The Labute approximate surface area is 206 Å². The lowest BCUT2D eigenvalue weighted by Gasteiger charge is -2.35. The smallest absolute Gasteiger partial charge is 0.223 e. The van der Waals surface area contributed by atoms with Crippen molar-refractivity contribution in [2.24, 2.45) is 10.9 Å². The molecule has 5 rings (SSSR count). The topological polar surface area (TPSA) is 56.6 Å². The minimum absolute atomic E-state index is 0.0135. The summed E-state index contributed by atoms with van der Waals surface area (Å²) in [6.07, 6.45) is 7.57. The van der Waals surface area contributed by atoms with Crippen molar-refractivity contribution in [1.29, 1.82) is 0 Å². The van der Waals surface area contributed by atoms with Gasteiger partial charge in [0.05, 0.1) is 21.8 Å². The largest absolute Gasteiger partial charge is 0.351 e. The Morgan fingerprint density at radius 3 is 2.55 bits per heavy atom. The van der Waals surface area contributed by atoms with E-state index in [1.807, 2.05) is 24.4 Å². The number of hydrogen-bond acceptors (Lipinski definition) is 6. The van der Waals surface area contributed by atoms with Crippen molar-refractivity contribution in [1.82, 2.24) is 19.8 Å². The van der Waals surface area contributed by atoms with Gasteiger partial charge in [0.1, 0.15) is 11.9 Å². The van der Waals surface area contributed by atoms with Crippen molar-refractivity contribution in [3.63, 3.8) is 0 Å². The van der Waals surface area contributed by atoms with Gasteiger partial charge in [-0.15, -0.1) is 0 Å². The molecule has 1 N–H and O–H groups in total. The average molecular weight is 487 g/mol. The van der Waals surface area contributed by atoms with E-state index in [1.165, 1.54) is 18.7 Å². The van der Waals surface area contributed by atoms with Gasteiger partial charge in [0, 0.05) is 24.7 Å². The van der Waals surface area contributed by atoms with Crippen LogP contribution in [0, 0.1) is 5.92 Å². The van der Waals surface area contributed by atoms with E-state index in [1.54, 1.807) is 0 Å². The maximum absolute atomic E-state index is 6.44. The molecule has 1 aliphatic carbocycles. The number of anilines is 1. The summed E-state index contributed by atoms with van der Waals surface area (Å²) in [5.74, 6) is 2.40. The van der Waals surface area contributed by atoms with Gasteiger partial charge in [-0.2, -0.15) is 0 Å². The third-order valence-electron chi connectivity index (χ3n) is 6.92. The predicted molar refractivity (Wildman–Crippen MR) is 135 cm³/mol. The first-order valence-corrected chi connectivity index (χ1v) is 12.9. The van der Waals surface area contributed by atoms with Crippen LogP contribution in [-0.4, -0.2) is 58.3 Å². The number of halogens is 2. The molecule has 3 heterocycles. The van der Waals surface area contributed by atoms with E-state index in [9.17, 15) is 0 Å². The second kappa shape index (κ2) is 9.77. The maximum Gasteiger partial charge on any atom is 0.223 e. The molecule has 1 aromatic carbocycles. The van der Waals surface area contributed by atoms with Crippen molar-refractivity contribution < 1.29 is 0 Å². The van der Waals surface area contributed by atoms with Gasteiger partial charge in [-0.25, -0.2) is 9.97 Å². The Morgan fingerprint density at radius 1 is 1.06 bits per heavy atom. The summed E-state index contributed by atoms with van der Waals surface area (Å²) < 4.78 is 0. The van der Waals surface area contributed by atoms with Gasteiger partial charge in [-0.1, -0.05) is 36.2 Å². The number of piperidine rings is 1. The molecule has 2 fully saturated rings. The van der Waals surface area contributed by atoms with E-state index in [0.717, 1.165) is 50.2 Å². The van der Waals surface area contributed by atoms with Crippen LogP contribution >= 0.6 is 23.2 Å². The molecule has 8 heteroatoms. The van der Waals surface area contributed by atoms with Gasteiger partial charge in [0.25, 0.3) is 0 Å². The van der Waals surface area contributed by atoms with Crippen molar-refractivity contribution in [3.05, 3.63) is 51.8 Å². The second-order valence-corrected chi connectivity index (χ2v) is 10.4. The Kier molecular flexibility index (Phi) is 6.77. The molecule has 176 valence electrons. The Bertz CT molecular complexity index is 1020. The lowest BCUT2D eigenvalue weighted by Crippen LogP contribution is -2.41. The summed E-state index contributed by atoms with van der Waals surface area (Å²) in [7, 11) is 2.20. The van der Waals surface area contributed by atoms with Crippen LogP contribution < -0.4 is 5.32 Å². The van der Waals surface area contributed by atoms with Crippen molar-refractivity contribution in [2.45, 2.75) is 57.2 Å². The molecule has 0 bridgehead atoms. The summed E-state index contributed by atoms with van der Waals surface area (Å²) in [5, 5.41) is 4.59. The molecular weight excluding hydrogens is 455 g/mol. The second-order valence-electron chi connectivity index (χ2n) is 9.55. The molecule has 1 aromatic heterocycles.